The number of Topliss-reactive ketones (excluding diaryl/α,β-unsaturated/α-hetero) is 1. The van der Waals surface area contributed by atoms with Crippen LogP contribution in [0, 0.1) is 0 Å². The molecule has 0 fully saturated rings. The lowest BCUT2D eigenvalue weighted by molar-refractivity contribution is 0.101. The van der Waals surface area contributed by atoms with Crippen LogP contribution in [0.3, 0.4) is 0 Å². The van der Waals surface area contributed by atoms with E-state index in [1.807, 2.05) is 50.2 Å². The third-order valence-corrected chi connectivity index (χ3v) is 3.70. The van der Waals surface area contributed by atoms with Crippen molar-refractivity contribution in [3.8, 4) is 5.75 Å². The van der Waals surface area contributed by atoms with Crippen LogP contribution in [0.25, 0.3) is 0 Å². The van der Waals surface area contributed by atoms with Crippen molar-refractivity contribution in [3.63, 3.8) is 0 Å². The lowest BCUT2D eigenvalue weighted by atomic mass is 10.1. The molecule has 1 heterocycles. The summed E-state index contributed by atoms with van der Waals surface area (Å²) in [6.45, 7) is 5.53. The van der Waals surface area contributed by atoms with Gasteiger partial charge in [0.2, 0.25) is 5.95 Å². The zero-order valence-electron chi connectivity index (χ0n) is 15.6. The summed E-state index contributed by atoms with van der Waals surface area (Å²) in [5.74, 6) is 2.00. The maximum Gasteiger partial charge on any atom is 0.229 e. The molecule has 0 saturated carbocycles. The molecule has 3 rings (SSSR count). The predicted octanol–water partition coefficient (Wildman–Crippen LogP) is 4.95. The third-order valence-electron chi connectivity index (χ3n) is 3.70. The first kappa shape index (κ1) is 18.4. The first-order valence-corrected chi connectivity index (χ1v) is 8.74. The van der Waals surface area contributed by atoms with Crippen molar-refractivity contribution in [2.24, 2.45) is 0 Å². The fourth-order valence-corrected chi connectivity index (χ4v) is 2.44. The maximum atomic E-state index is 11.3. The number of hydrogen-bond acceptors (Lipinski definition) is 6. The van der Waals surface area contributed by atoms with E-state index in [0.717, 1.165) is 17.1 Å². The van der Waals surface area contributed by atoms with Crippen molar-refractivity contribution >= 4 is 28.9 Å². The summed E-state index contributed by atoms with van der Waals surface area (Å²) in [5, 5.41) is 6.38. The van der Waals surface area contributed by atoms with Gasteiger partial charge in [0.05, 0.1) is 6.10 Å². The summed E-state index contributed by atoms with van der Waals surface area (Å²) < 4.78 is 5.64. The topological polar surface area (TPSA) is 76.1 Å². The molecule has 138 valence electrons. The van der Waals surface area contributed by atoms with E-state index in [2.05, 4.69) is 20.6 Å². The van der Waals surface area contributed by atoms with Crippen LogP contribution >= 0.6 is 0 Å². The van der Waals surface area contributed by atoms with Gasteiger partial charge in [-0.3, -0.25) is 4.79 Å². The molecular weight excluding hydrogens is 340 g/mol. The van der Waals surface area contributed by atoms with Gasteiger partial charge in [-0.2, -0.15) is 4.98 Å². The number of carbonyl (C=O) groups is 1. The van der Waals surface area contributed by atoms with Gasteiger partial charge in [-0.1, -0.05) is 0 Å². The number of ether oxygens (including phenoxy) is 1. The number of carbonyl (C=O) groups excluding carboxylic acids is 1. The quantitative estimate of drug-likeness (QED) is 0.579. The number of hydrogen-bond donors (Lipinski definition) is 2. The lowest BCUT2D eigenvalue weighted by Crippen LogP contribution is -2.05. The molecule has 0 spiro atoms. The second-order valence-corrected chi connectivity index (χ2v) is 6.34. The number of rotatable bonds is 7. The molecule has 0 aliphatic rings. The molecule has 0 unspecified atom stereocenters. The minimum Gasteiger partial charge on any atom is -0.491 e. The summed E-state index contributed by atoms with van der Waals surface area (Å²) in [5.41, 5.74) is 2.39. The fourth-order valence-electron chi connectivity index (χ4n) is 2.44. The van der Waals surface area contributed by atoms with Gasteiger partial charge in [-0.05, 0) is 75.4 Å². The second-order valence-electron chi connectivity index (χ2n) is 6.34. The molecule has 2 N–H and O–H groups in total. The standard InChI is InChI=1S/C21H22N4O2/c1-14(2)27-19-10-8-18(9-11-19)24-21-22-13-12-20(25-21)23-17-6-4-16(5-7-17)15(3)26/h4-14H,1-3H3,(H2,22,23,24,25). The molecular formula is C21H22N4O2. The lowest BCUT2D eigenvalue weighted by Gasteiger charge is -2.11. The summed E-state index contributed by atoms with van der Waals surface area (Å²) in [6.07, 6.45) is 1.82. The van der Waals surface area contributed by atoms with E-state index < -0.39 is 0 Å². The molecule has 6 heteroatoms. The Hall–Kier alpha value is -3.41. The highest BCUT2D eigenvalue weighted by Crippen LogP contribution is 2.21. The Morgan fingerprint density at radius 3 is 2.19 bits per heavy atom. The Morgan fingerprint density at radius 2 is 1.56 bits per heavy atom. The van der Waals surface area contributed by atoms with Crippen LogP contribution in [-0.2, 0) is 0 Å². The van der Waals surface area contributed by atoms with Crippen LogP contribution in [0.5, 0.6) is 5.75 Å². The number of aromatic nitrogens is 2. The van der Waals surface area contributed by atoms with Gasteiger partial charge >= 0.3 is 0 Å². The smallest absolute Gasteiger partial charge is 0.229 e. The summed E-state index contributed by atoms with van der Waals surface area (Å²) in [6, 6.07) is 16.7. The van der Waals surface area contributed by atoms with Crippen molar-refractivity contribution in [2.45, 2.75) is 26.9 Å². The molecule has 0 aliphatic heterocycles. The van der Waals surface area contributed by atoms with E-state index in [4.69, 9.17) is 4.74 Å². The number of nitrogens with one attached hydrogen (secondary N) is 2. The summed E-state index contributed by atoms with van der Waals surface area (Å²) >= 11 is 0. The molecule has 0 atom stereocenters. The predicted molar refractivity (Wildman–Crippen MR) is 107 cm³/mol. The SMILES string of the molecule is CC(=O)c1ccc(Nc2ccnc(Nc3ccc(OC(C)C)cc3)n2)cc1. The molecule has 2 aromatic carbocycles. The van der Waals surface area contributed by atoms with E-state index in [9.17, 15) is 4.79 Å². The molecule has 0 saturated heterocycles. The maximum absolute atomic E-state index is 11.3. The van der Waals surface area contributed by atoms with E-state index in [-0.39, 0.29) is 11.9 Å². The van der Waals surface area contributed by atoms with E-state index in [0.29, 0.717) is 17.3 Å². The molecule has 3 aromatic rings. The molecule has 6 nitrogen and oxygen atoms in total. The van der Waals surface area contributed by atoms with E-state index in [1.165, 1.54) is 0 Å². The van der Waals surface area contributed by atoms with Gasteiger partial charge in [0.15, 0.2) is 5.78 Å². The molecule has 0 bridgehead atoms. The minimum atomic E-state index is 0.0416. The normalized spacial score (nSPS) is 10.5. The van der Waals surface area contributed by atoms with Crippen LogP contribution in [0.1, 0.15) is 31.1 Å². The molecule has 0 aliphatic carbocycles. The number of ketones is 1. The van der Waals surface area contributed by atoms with Gasteiger partial charge in [-0.25, -0.2) is 4.98 Å². The Kier molecular flexibility index (Phi) is 5.66. The monoisotopic (exact) mass is 362 g/mol. The Balaban J connectivity index is 1.67. The average molecular weight is 362 g/mol. The zero-order valence-corrected chi connectivity index (χ0v) is 15.6. The minimum absolute atomic E-state index is 0.0416. The second kappa shape index (κ2) is 8.31. The van der Waals surface area contributed by atoms with Gasteiger partial charge < -0.3 is 15.4 Å². The van der Waals surface area contributed by atoms with E-state index in [1.54, 1.807) is 31.3 Å². The number of nitrogens with zero attached hydrogens (tertiary/aromatic N) is 2. The van der Waals surface area contributed by atoms with Crippen molar-refractivity contribution in [2.75, 3.05) is 10.6 Å². The zero-order chi connectivity index (χ0) is 19.2. The highest BCUT2D eigenvalue weighted by Gasteiger charge is 2.04. The molecule has 0 radical (unpaired) electrons. The van der Waals surface area contributed by atoms with Crippen LogP contribution in [0.2, 0.25) is 0 Å². The number of anilines is 4. The van der Waals surface area contributed by atoms with Crippen molar-refractivity contribution in [1.29, 1.82) is 0 Å². The van der Waals surface area contributed by atoms with Crippen molar-refractivity contribution in [1.82, 2.24) is 9.97 Å². The Bertz CT molecular complexity index is 906. The Labute approximate surface area is 158 Å². The third kappa shape index (κ3) is 5.28. The van der Waals surface area contributed by atoms with Gasteiger partial charge in [0.1, 0.15) is 11.6 Å². The summed E-state index contributed by atoms with van der Waals surface area (Å²) in [4.78, 5) is 20.1. The van der Waals surface area contributed by atoms with Gasteiger partial charge in [0.25, 0.3) is 0 Å². The van der Waals surface area contributed by atoms with Gasteiger partial charge in [-0.15, -0.1) is 0 Å². The highest BCUT2D eigenvalue weighted by molar-refractivity contribution is 5.94. The van der Waals surface area contributed by atoms with Crippen LogP contribution in [0.4, 0.5) is 23.1 Å². The first-order valence-electron chi connectivity index (χ1n) is 8.74. The Morgan fingerprint density at radius 1 is 0.926 bits per heavy atom. The number of benzene rings is 2. The highest BCUT2D eigenvalue weighted by atomic mass is 16.5. The molecule has 27 heavy (non-hydrogen) atoms. The van der Waals surface area contributed by atoms with Gasteiger partial charge in [0, 0.05) is 23.1 Å². The van der Waals surface area contributed by atoms with E-state index >= 15 is 0 Å². The molecule has 0 amide bonds. The van der Waals surface area contributed by atoms with Crippen molar-refractivity contribution < 1.29 is 9.53 Å². The molecule has 1 aromatic heterocycles. The largest absolute Gasteiger partial charge is 0.491 e. The average Bonchev–Trinajstić information content (AvgIpc) is 2.64. The fraction of sp³-hybridized carbons (Fsp3) is 0.190. The van der Waals surface area contributed by atoms with Crippen LogP contribution in [0.15, 0.2) is 60.8 Å². The van der Waals surface area contributed by atoms with Crippen molar-refractivity contribution in [3.05, 3.63) is 66.4 Å². The summed E-state index contributed by atoms with van der Waals surface area (Å²) in [7, 11) is 0. The van der Waals surface area contributed by atoms with Crippen LogP contribution in [-0.4, -0.2) is 21.9 Å². The van der Waals surface area contributed by atoms with Crippen LogP contribution < -0.4 is 15.4 Å². The first-order chi connectivity index (χ1) is 13.0.